The van der Waals surface area contributed by atoms with Crippen LogP contribution in [0.1, 0.15) is 22.8 Å². The number of amides is 1. The Morgan fingerprint density at radius 1 is 1.28 bits per heavy atom. The van der Waals surface area contributed by atoms with Crippen LogP contribution in [0.4, 0.5) is 5.69 Å². The standard InChI is InChI=1S/C18H21ClN2O3.ClH/c1-11-4-6-13(7-5-11)24-12(2)10-21-18(22)14-8-15(19)16(20)9-17(14)23-3;/h4-9,12H,10,20H2,1-3H3,(H,21,22);1H. The molecule has 0 aliphatic rings. The molecule has 0 radical (unpaired) electrons. The third kappa shape index (κ3) is 5.73. The highest BCUT2D eigenvalue weighted by Crippen LogP contribution is 2.28. The summed E-state index contributed by atoms with van der Waals surface area (Å²) in [6.07, 6.45) is -0.188. The summed E-state index contributed by atoms with van der Waals surface area (Å²) in [7, 11) is 1.47. The molecule has 136 valence electrons. The van der Waals surface area contributed by atoms with Crippen molar-refractivity contribution >= 4 is 35.6 Å². The second-order valence-electron chi connectivity index (χ2n) is 5.53. The van der Waals surface area contributed by atoms with E-state index in [1.807, 2.05) is 38.1 Å². The van der Waals surface area contributed by atoms with Gasteiger partial charge in [-0.05, 0) is 32.0 Å². The molecule has 1 unspecified atom stereocenters. The third-order valence-corrected chi connectivity index (χ3v) is 3.80. The number of hydrogen-bond donors (Lipinski definition) is 2. The Morgan fingerprint density at radius 2 is 1.92 bits per heavy atom. The summed E-state index contributed by atoms with van der Waals surface area (Å²) >= 11 is 5.98. The van der Waals surface area contributed by atoms with Crippen molar-refractivity contribution in [3.8, 4) is 11.5 Å². The van der Waals surface area contributed by atoms with E-state index in [4.69, 9.17) is 26.8 Å². The van der Waals surface area contributed by atoms with Crippen molar-refractivity contribution in [1.29, 1.82) is 0 Å². The Bertz CT molecular complexity index is 721. The van der Waals surface area contributed by atoms with Crippen molar-refractivity contribution in [2.24, 2.45) is 0 Å². The molecular formula is C18H22Cl2N2O3. The van der Waals surface area contributed by atoms with Crippen molar-refractivity contribution in [1.82, 2.24) is 5.32 Å². The van der Waals surface area contributed by atoms with Gasteiger partial charge in [-0.15, -0.1) is 12.4 Å². The van der Waals surface area contributed by atoms with Crippen molar-refractivity contribution in [3.63, 3.8) is 0 Å². The first kappa shape index (κ1) is 20.9. The summed E-state index contributed by atoms with van der Waals surface area (Å²) in [5.41, 5.74) is 7.58. The molecule has 3 N–H and O–H groups in total. The Balaban J connectivity index is 0.00000312. The predicted octanol–water partition coefficient (Wildman–Crippen LogP) is 3.86. The summed E-state index contributed by atoms with van der Waals surface area (Å²) in [6, 6.07) is 10.8. The minimum atomic E-state index is -0.298. The lowest BCUT2D eigenvalue weighted by atomic mass is 10.1. The third-order valence-electron chi connectivity index (χ3n) is 3.47. The van der Waals surface area contributed by atoms with E-state index in [0.717, 1.165) is 11.3 Å². The zero-order chi connectivity index (χ0) is 17.7. The number of nitrogens with one attached hydrogen (secondary N) is 1. The van der Waals surface area contributed by atoms with Crippen molar-refractivity contribution in [2.75, 3.05) is 19.4 Å². The molecule has 1 atom stereocenters. The van der Waals surface area contributed by atoms with Crippen LogP contribution in [0, 0.1) is 6.92 Å². The number of nitrogen functional groups attached to an aromatic ring is 1. The molecule has 0 saturated carbocycles. The Morgan fingerprint density at radius 3 is 2.52 bits per heavy atom. The molecule has 0 spiro atoms. The number of benzene rings is 2. The van der Waals surface area contributed by atoms with Crippen LogP contribution in [0.15, 0.2) is 36.4 Å². The predicted molar refractivity (Wildman–Crippen MR) is 103 cm³/mol. The topological polar surface area (TPSA) is 73.6 Å². The number of aryl methyl sites for hydroxylation is 1. The lowest BCUT2D eigenvalue weighted by Crippen LogP contribution is -2.33. The Labute approximate surface area is 158 Å². The van der Waals surface area contributed by atoms with Crippen LogP contribution in [0.25, 0.3) is 0 Å². The van der Waals surface area contributed by atoms with Gasteiger partial charge in [-0.2, -0.15) is 0 Å². The van der Waals surface area contributed by atoms with Crippen LogP contribution in [-0.2, 0) is 0 Å². The lowest BCUT2D eigenvalue weighted by molar-refractivity contribution is 0.0929. The molecule has 7 heteroatoms. The molecule has 2 rings (SSSR count). The van der Waals surface area contributed by atoms with Crippen LogP contribution < -0.4 is 20.5 Å². The lowest BCUT2D eigenvalue weighted by Gasteiger charge is -2.16. The van der Waals surface area contributed by atoms with Gasteiger partial charge in [0.25, 0.3) is 5.91 Å². The largest absolute Gasteiger partial charge is 0.496 e. The number of rotatable bonds is 6. The van der Waals surface area contributed by atoms with E-state index >= 15 is 0 Å². The number of anilines is 1. The van der Waals surface area contributed by atoms with E-state index in [2.05, 4.69) is 5.32 Å². The van der Waals surface area contributed by atoms with Gasteiger partial charge in [-0.3, -0.25) is 4.79 Å². The molecule has 0 fully saturated rings. The molecule has 5 nitrogen and oxygen atoms in total. The fourth-order valence-corrected chi connectivity index (χ4v) is 2.30. The van der Waals surface area contributed by atoms with Gasteiger partial charge in [0, 0.05) is 6.07 Å². The SMILES string of the molecule is COc1cc(N)c(Cl)cc1C(=O)NCC(C)Oc1ccc(C)cc1.Cl. The fourth-order valence-electron chi connectivity index (χ4n) is 2.14. The molecule has 1 amide bonds. The first-order valence-electron chi connectivity index (χ1n) is 7.55. The molecule has 0 aromatic heterocycles. The minimum absolute atomic E-state index is 0. The van der Waals surface area contributed by atoms with Gasteiger partial charge in [0.2, 0.25) is 0 Å². The second kappa shape index (κ2) is 9.39. The maximum Gasteiger partial charge on any atom is 0.255 e. The maximum atomic E-state index is 12.3. The normalized spacial score (nSPS) is 11.2. The van der Waals surface area contributed by atoms with Gasteiger partial charge in [-0.1, -0.05) is 29.3 Å². The van der Waals surface area contributed by atoms with Crippen LogP contribution in [0.2, 0.25) is 5.02 Å². The highest BCUT2D eigenvalue weighted by Gasteiger charge is 2.16. The smallest absolute Gasteiger partial charge is 0.255 e. The fraction of sp³-hybridized carbons (Fsp3) is 0.278. The molecular weight excluding hydrogens is 363 g/mol. The number of methoxy groups -OCH3 is 1. The number of halogens is 2. The monoisotopic (exact) mass is 384 g/mol. The van der Waals surface area contributed by atoms with Crippen molar-refractivity contribution in [3.05, 3.63) is 52.5 Å². The summed E-state index contributed by atoms with van der Waals surface area (Å²) < 4.78 is 10.9. The summed E-state index contributed by atoms with van der Waals surface area (Å²) in [4.78, 5) is 12.3. The van der Waals surface area contributed by atoms with Crippen molar-refractivity contribution < 1.29 is 14.3 Å². The van der Waals surface area contributed by atoms with Gasteiger partial charge >= 0.3 is 0 Å². The molecule has 2 aromatic rings. The highest BCUT2D eigenvalue weighted by atomic mass is 35.5. The van der Waals surface area contributed by atoms with E-state index in [1.165, 1.54) is 19.2 Å². The van der Waals surface area contributed by atoms with Crippen LogP contribution in [0.3, 0.4) is 0 Å². The molecule has 0 aliphatic carbocycles. The zero-order valence-electron chi connectivity index (χ0n) is 14.3. The molecule has 0 heterocycles. The van der Waals surface area contributed by atoms with E-state index in [9.17, 15) is 4.79 Å². The van der Waals surface area contributed by atoms with Gasteiger partial charge in [0.05, 0.1) is 29.9 Å². The quantitative estimate of drug-likeness (QED) is 0.741. The number of carbonyl (C=O) groups is 1. The zero-order valence-corrected chi connectivity index (χ0v) is 15.9. The van der Waals surface area contributed by atoms with E-state index in [0.29, 0.717) is 28.6 Å². The minimum Gasteiger partial charge on any atom is -0.496 e. The number of hydrogen-bond acceptors (Lipinski definition) is 4. The first-order chi connectivity index (χ1) is 11.4. The highest BCUT2D eigenvalue weighted by molar-refractivity contribution is 6.33. The average Bonchev–Trinajstić information content (AvgIpc) is 2.56. The number of nitrogens with two attached hydrogens (primary N) is 1. The number of ether oxygens (including phenoxy) is 2. The molecule has 2 aromatic carbocycles. The number of carbonyl (C=O) groups excluding carboxylic acids is 1. The maximum absolute atomic E-state index is 12.3. The molecule has 0 bridgehead atoms. The van der Waals surface area contributed by atoms with E-state index in [-0.39, 0.29) is 24.4 Å². The summed E-state index contributed by atoms with van der Waals surface area (Å²) in [5, 5.41) is 3.12. The van der Waals surface area contributed by atoms with Gasteiger partial charge in [0.15, 0.2) is 0 Å². The summed E-state index contributed by atoms with van der Waals surface area (Å²) in [6.45, 7) is 4.24. The molecule has 0 saturated heterocycles. The van der Waals surface area contributed by atoms with Gasteiger partial charge in [0.1, 0.15) is 17.6 Å². The molecule has 0 aliphatic heterocycles. The Kier molecular flexibility index (Phi) is 7.87. The van der Waals surface area contributed by atoms with Crippen LogP contribution in [0.5, 0.6) is 11.5 Å². The van der Waals surface area contributed by atoms with Crippen LogP contribution in [-0.4, -0.2) is 25.7 Å². The van der Waals surface area contributed by atoms with Gasteiger partial charge in [-0.25, -0.2) is 0 Å². The average molecular weight is 385 g/mol. The van der Waals surface area contributed by atoms with E-state index in [1.54, 1.807) is 0 Å². The Hall–Kier alpha value is -2.11. The second-order valence-corrected chi connectivity index (χ2v) is 5.93. The summed E-state index contributed by atoms with van der Waals surface area (Å²) in [5.74, 6) is 0.838. The van der Waals surface area contributed by atoms with Crippen LogP contribution >= 0.6 is 24.0 Å². The van der Waals surface area contributed by atoms with E-state index < -0.39 is 0 Å². The molecule has 25 heavy (non-hydrogen) atoms. The van der Waals surface area contributed by atoms with Gasteiger partial charge < -0.3 is 20.5 Å². The van der Waals surface area contributed by atoms with Crippen molar-refractivity contribution in [2.45, 2.75) is 20.0 Å². The first-order valence-corrected chi connectivity index (χ1v) is 7.93.